The average Bonchev–Trinajstić information content (AvgIpc) is 2.92. The number of fused-ring (bicyclic) bond motifs is 1. The standard InChI is InChI=1S/C29H33N3O6/c33-27(16-17-28(34)35)32(37)19-6-2-1-5-18-30-20-22-12-14-23(15-13-22)21-38-29(36)31-26-11-7-9-24-8-3-4-10-25(24)26/h3-4,7-17,30,37H,1-2,5-6,18-21H2,(H,31,36)(H,34,35)/b17-16+. The number of nitrogens with one attached hydrogen (secondary N) is 2. The predicted octanol–water partition coefficient (Wildman–Crippen LogP) is 5.10. The van der Waals surface area contributed by atoms with Gasteiger partial charge in [-0.25, -0.2) is 14.7 Å². The summed E-state index contributed by atoms with van der Waals surface area (Å²) in [6.07, 6.45) is 4.40. The van der Waals surface area contributed by atoms with Crippen molar-refractivity contribution < 1.29 is 29.4 Å². The number of carbonyl (C=O) groups is 3. The highest BCUT2D eigenvalue weighted by molar-refractivity contribution is 6.00. The van der Waals surface area contributed by atoms with Crippen molar-refractivity contribution in [3.05, 3.63) is 90.0 Å². The lowest BCUT2D eigenvalue weighted by Gasteiger charge is -2.12. The van der Waals surface area contributed by atoms with Crippen LogP contribution in [0.15, 0.2) is 78.9 Å². The summed E-state index contributed by atoms with van der Waals surface area (Å²) in [5, 5.41) is 26.8. The van der Waals surface area contributed by atoms with Gasteiger partial charge in [-0.05, 0) is 42.0 Å². The molecule has 9 nitrogen and oxygen atoms in total. The van der Waals surface area contributed by atoms with Gasteiger partial charge >= 0.3 is 12.1 Å². The number of ether oxygens (including phenoxy) is 1. The van der Waals surface area contributed by atoms with Crippen molar-refractivity contribution in [2.24, 2.45) is 0 Å². The Hall–Kier alpha value is -4.21. The Morgan fingerprint density at radius 1 is 0.842 bits per heavy atom. The van der Waals surface area contributed by atoms with E-state index in [2.05, 4.69) is 10.6 Å². The average molecular weight is 520 g/mol. The van der Waals surface area contributed by atoms with Gasteiger partial charge in [-0.15, -0.1) is 0 Å². The van der Waals surface area contributed by atoms with E-state index in [1.807, 2.05) is 66.7 Å². The molecule has 0 aliphatic rings. The molecule has 4 N–H and O–H groups in total. The molecule has 9 heteroatoms. The normalized spacial score (nSPS) is 11.0. The molecule has 0 heterocycles. The summed E-state index contributed by atoms with van der Waals surface area (Å²) < 4.78 is 5.39. The lowest BCUT2D eigenvalue weighted by Crippen LogP contribution is -2.26. The van der Waals surface area contributed by atoms with Crippen molar-refractivity contribution in [3.8, 4) is 0 Å². The molecular formula is C29H33N3O6. The highest BCUT2D eigenvalue weighted by Crippen LogP contribution is 2.23. The van der Waals surface area contributed by atoms with Gasteiger partial charge in [0.1, 0.15) is 6.61 Å². The van der Waals surface area contributed by atoms with Gasteiger partial charge in [0.25, 0.3) is 5.91 Å². The van der Waals surface area contributed by atoms with E-state index in [4.69, 9.17) is 9.84 Å². The number of aliphatic carboxylic acids is 1. The number of carboxylic acids is 1. The van der Waals surface area contributed by atoms with E-state index >= 15 is 0 Å². The Kier molecular flexibility index (Phi) is 11.3. The van der Waals surface area contributed by atoms with Crippen molar-refractivity contribution in [2.75, 3.05) is 18.4 Å². The van der Waals surface area contributed by atoms with Crippen LogP contribution in [-0.2, 0) is 27.5 Å². The third-order valence-electron chi connectivity index (χ3n) is 5.84. The van der Waals surface area contributed by atoms with E-state index in [0.29, 0.717) is 23.2 Å². The molecule has 2 amide bonds. The fourth-order valence-electron chi connectivity index (χ4n) is 3.82. The zero-order valence-corrected chi connectivity index (χ0v) is 21.1. The highest BCUT2D eigenvalue weighted by atomic mass is 16.5. The van der Waals surface area contributed by atoms with Gasteiger partial charge in [0.05, 0.1) is 5.69 Å². The first kappa shape index (κ1) is 28.4. The molecule has 0 aromatic heterocycles. The maximum atomic E-state index is 12.3. The zero-order valence-electron chi connectivity index (χ0n) is 21.1. The lowest BCUT2D eigenvalue weighted by molar-refractivity contribution is -0.159. The zero-order chi connectivity index (χ0) is 27.2. The summed E-state index contributed by atoms with van der Waals surface area (Å²) in [6, 6.07) is 21.5. The van der Waals surface area contributed by atoms with Gasteiger partial charge < -0.3 is 15.2 Å². The predicted molar refractivity (Wildman–Crippen MR) is 145 cm³/mol. The topological polar surface area (TPSA) is 128 Å². The monoisotopic (exact) mass is 519 g/mol. The fraction of sp³-hybridized carbons (Fsp3) is 0.276. The lowest BCUT2D eigenvalue weighted by atomic mass is 10.1. The third kappa shape index (κ3) is 9.68. The summed E-state index contributed by atoms with van der Waals surface area (Å²) in [5.74, 6) is -1.97. The Morgan fingerprint density at radius 2 is 1.55 bits per heavy atom. The second-order valence-corrected chi connectivity index (χ2v) is 8.77. The van der Waals surface area contributed by atoms with Crippen molar-refractivity contribution in [1.82, 2.24) is 10.4 Å². The number of benzene rings is 3. The molecule has 0 bridgehead atoms. The smallest absolute Gasteiger partial charge is 0.411 e. The Bertz CT molecular complexity index is 1240. The van der Waals surface area contributed by atoms with Gasteiger partial charge in [-0.3, -0.25) is 15.3 Å². The summed E-state index contributed by atoms with van der Waals surface area (Å²) in [6.45, 7) is 1.90. The van der Waals surface area contributed by atoms with Gasteiger partial charge in [-0.2, -0.15) is 0 Å². The van der Waals surface area contributed by atoms with E-state index < -0.39 is 18.0 Å². The molecule has 0 spiro atoms. The first-order chi connectivity index (χ1) is 18.4. The summed E-state index contributed by atoms with van der Waals surface area (Å²) in [4.78, 5) is 34.1. The summed E-state index contributed by atoms with van der Waals surface area (Å²) in [5.41, 5.74) is 2.74. The second-order valence-electron chi connectivity index (χ2n) is 8.77. The largest absolute Gasteiger partial charge is 0.478 e. The number of carbonyl (C=O) groups excluding carboxylic acids is 2. The number of anilines is 1. The molecule has 0 saturated heterocycles. The molecule has 3 aromatic carbocycles. The van der Waals surface area contributed by atoms with E-state index in [1.165, 1.54) is 0 Å². The molecule has 3 aromatic rings. The van der Waals surface area contributed by atoms with Gasteiger partial charge in [-0.1, -0.05) is 73.5 Å². The Morgan fingerprint density at radius 3 is 2.34 bits per heavy atom. The SMILES string of the molecule is O=C(O)/C=C/C(=O)N(O)CCCCCCNCc1ccc(COC(=O)Nc2cccc3ccccc23)cc1. The maximum Gasteiger partial charge on any atom is 0.411 e. The van der Waals surface area contributed by atoms with Crippen molar-refractivity contribution in [1.29, 1.82) is 0 Å². The number of hydrogen-bond donors (Lipinski definition) is 4. The number of nitrogens with zero attached hydrogens (tertiary/aromatic N) is 1. The minimum absolute atomic E-state index is 0.164. The number of amides is 2. The fourth-order valence-corrected chi connectivity index (χ4v) is 3.82. The number of carboxylic acid groups (broad SMARTS) is 1. The molecular weight excluding hydrogens is 486 g/mol. The number of rotatable bonds is 14. The number of hydrogen-bond acceptors (Lipinski definition) is 6. The second kappa shape index (κ2) is 15.1. The minimum atomic E-state index is -1.23. The summed E-state index contributed by atoms with van der Waals surface area (Å²) >= 11 is 0. The molecule has 0 unspecified atom stereocenters. The molecule has 38 heavy (non-hydrogen) atoms. The maximum absolute atomic E-state index is 12.3. The van der Waals surface area contributed by atoms with Crippen molar-refractivity contribution in [2.45, 2.75) is 38.8 Å². The Balaban J connectivity index is 1.27. The molecule has 0 fully saturated rings. The third-order valence-corrected chi connectivity index (χ3v) is 5.84. The van der Waals surface area contributed by atoms with Crippen molar-refractivity contribution >= 4 is 34.4 Å². The van der Waals surface area contributed by atoms with Crippen molar-refractivity contribution in [3.63, 3.8) is 0 Å². The van der Waals surface area contributed by atoms with Crippen LogP contribution in [0.4, 0.5) is 10.5 Å². The van der Waals surface area contributed by atoms with E-state index in [-0.39, 0.29) is 13.2 Å². The van der Waals surface area contributed by atoms with Gasteiger partial charge in [0, 0.05) is 30.6 Å². The molecule has 0 aliphatic carbocycles. The molecule has 200 valence electrons. The molecule has 0 radical (unpaired) electrons. The first-order valence-electron chi connectivity index (χ1n) is 12.5. The van der Waals surface area contributed by atoms with Crippen LogP contribution in [0, 0.1) is 0 Å². The Labute approximate surface area is 221 Å². The van der Waals surface area contributed by atoms with Crippen LogP contribution in [-0.4, -0.2) is 46.4 Å². The van der Waals surface area contributed by atoms with Crippen LogP contribution in [0.1, 0.15) is 36.8 Å². The van der Waals surface area contributed by atoms with E-state index in [0.717, 1.165) is 60.3 Å². The van der Waals surface area contributed by atoms with Crippen LogP contribution in [0.5, 0.6) is 0 Å². The van der Waals surface area contributed by atoms with Crippen LogP contribution >= 0.6 is 0 Å². The van der Waals surface area contributed by atoms with Crippen LogP contribution < -0.4 is 10.6 Å². The van der Waals surface area contributed by atoms with Crippen LogP contribution in [0.2, 0.25) is 0 Å². The van der Waals surface area contributed by atoms with Gasteiger partial charge in [0.15, 0.2) is 0 Å². The number of unbranched alkanes of at least 4 members (excludes halogenated alkanes) is 3. The van der Waals surface area contributed by atoms with Gasteiger partial charge in [0.2, 0.25) is 0 Å². The minimum Gasteiger partial charge on any atom is -0.478 e. The molecule has 0 atom stereocenters. The first-order valence-corrected chi connectivity index (χ1v) is 12.5. The quantitative estimate of drug-likeness (QED) is 0.101. The molecule has 0 aliphatic heterocycles. The summed E-state index contributed by atoms with van der Waals surface area (Å²) in [7, 11) is 0. The van der Waals surface area contributed by atoms with Crippen LogP contribution in [0.25, 0.3) is 10.8 Å². The van der Waals surface area contributed by atoms with Crippen LogP contribution in [0.3, 0.4) is 0 Å². The molecule has 0 saturated carbocycles. The molecule has 3 rings (SSSR count). The highest BCUT2D eigenvalue weighted by Gasteiger charge is 2.08. The van der Waals surface area contributed by atoms with E-state index in [9.17, 15) is 19.6 Å². The number of hydroxylamine groups is 2. The van der Waals surface area contributed by atoms with E-state index in [1.54, 1.807) is 0 Å².